The van der Waals surface area contributed by atoms with Crippen LogP contribution in [0.3, 0.4) is 0 Å². The lowest BCUT2D eigenvalue weighted by Gasteiger charge is -2.22. The van der Waals surface area contributed by atoms with Crippen molar-refractivity contribution in [1.29, 1.82) is 0 Å². The van der Waals surface area contributed by atoms with E-state index in [4.69, 9.17) is 9.47 Å². The molecule has 0 radical (unpaired) electrons. The van der Waals surface area contributed by atoms with Crippen LogP contribution in [0.4, 0.5) is 0 Å². The summed E-state index contributed by atoms with van der Waals surface area (Å²) in [5.74, 6) is 0. The van der Waals surface area contributed by atoms with Gasteiger partial charge in [0.15, 0.2) is 0 Å². The minimum Gasteiger partial charge on any atom is -0.386 e. The number of hydrogen-bond acceptors (Lipinski definition) is 3. The minimum atomic E-state index is -0.574. The molecule has 2 unspecified atom stereocenters. The van der Waals surface area contributed by atoms with Crippen molar-refractivity contribution < 1.29 is 14.6 Å². The van der Waals surface area contributed by atoms with Crippen molar-refractivity contribution in [2.24, 2.45) is 0 Å². The zero-order valence-electron chi connectivity index (χ0n) is 11.5. The SMILES string of the molecule is CCC(OCCOC(C)C)C(O)c1ccccc1. The first-order valence-corrected chi connectivity index (χ1v) is 6.61. The Labute approximate surface area is 110 Å². The standard InChI is InChI=1S/C15H24O3/c1-4-14(18-11-10-17-12(2)3)15(16)13-8-6-5-7-9-13/h5-9,12,14-16H,4,10-11H2,1-3H3. The second-order valence-electron chi connectivity index (χ2n) is 4.59. The van der Waals surface area contributed by atoms with E-state index < -0.39 is 6.10 Å². The first-order valence-electron chi connectivity index (χ1n) is 6.61. The van der Waals surface area contributed by atoms with Crippen LogP contribution < -0.4 is 0 Å². The van der Waals surface area contributed by atoms with E-state index in [1.54, 1.807) is 0 Å². The van der Waals surface area contributed by atoms with Gasteiger partial charge in [-0.15, -0.1) is 0 Å². The van der Waals surface area contributed by atoms with Gasteiger partial charge in [0.25, 0.3) is 0 Å². The van der Waals surface area contributed by atoms with Crippen molar-refractivity contribution in [2.45, 2.75) is 45.5 Å². The van der Waals surface area contributed by atoms with Crippen LogP contribution in [-0.2, 0) is 9.47 Å². The highest BCUT2D eigenvalue weighted by Crippen LogP contribution is 2.21. The van der Waals surface area contributed by atoms with E-state index in [2.05, 4.69) is 0 Å². The van der Waals surface area contributed by atoms with Gasteiger partial charge in [-0.25, -0.2) is 0 Å². The maximum atomic E-state index is 10.2. The summed E-state index contributed by atoms with van der Waals surface area (Å²) in [7, 11) is 0. The van der Waals surface area contributed by atoms with Crippen LogP contribution in [0.2, 0.25) is 0 Å². The summed E-state index contributed by atoms with van der Waals surface area (Å²) in [5, 5.41) is 10.2. The lowest BCUT2D eigenvalue weighted by Crippen LogP contribution is -2.24. The summed E-state index contributed by atoms with van der Waals surface area (Å²) in [6.07, 6.45) is 0.240. The Kier molecular flexibility index (Phi) is 6.94. The number of benzene rings is 1. The highest BCUT2D eigenvalue weighted by atomic mass is 16.5. The van der Waals surface area contributed by atoms with E-state index in [0.29, 0.717) is 13.2 Å². The lowest BCUT2D eigenvalue weighted by atomic mass is 10.0. The van der Waals surface area contributed by atoms with Gasteiger partial charge < -0.3 is 14.6 Å². The molecular formula is C15H24O3. The van der Waals surface area contributed by atoms with E-state index in [1.807, 2.05) is 51.1 Å². The summed E-state index contributed by atoms with van der Waals surface area (Å²) in [6, 6.07) is 9.62. The summed E-state index contributed by atoms with van der Waals surface area (Å²) < 4.78 is 11.1. The summed E-state index contributed by atoms with van der Waals surface area (Å²) in [6.45, 7) is 7.09. The Morgan fingerprint density at radius 3 is 2.22 bits per heavy atom. The molecule has 2 atom stereocenters. The maximum Gasteiger partial charge on any atom is 0.105 e. The molecule has 1 rings (SSSR count). The Morgan fingerprint density at radius 2 is 1.67 bits per heavy atom. The zero-order valence-corrected chi connectivity index (χ0v) is 11.5. The third-order valence-corrected chi connectivity index (χ3v) is 2.76. The average Bonchev–Trinajstić information content (AvgIpc) is 2.39. The van der Waals surface area contributed by atoms with Crippen LogP contribution in [0.5, 0.6) is 0 Å². The van der Waals surface area contributed by atoms with Crippen molar-refractivity contribution >= 4 is 0 Å². The van der Waals surface area contributed by atoms with Gasteiger partial charge in [0, 0.05) is 0 Å². The number of hydrogen-bond donors (Lipinski definition) is 1. The lowest BCUT2D eigenvalue weighted by molar-refractivity contribution is -0.0651. The molecule has 1 aromatic rings. The monoisotopic (exact) mass is 252 g/mol. The normalized spacial score (nSPS) is 14.7. The number of rotatable bonds is 8. The molecule has 102 valence electrons. The fourth-order valence-corrected chi connectivity index (χ4v) is 1.78. The van der Waals surface area contributed by atoms with Crippen LogP contribution in [0.15, 0.2) is 30.3 Å². The van der Waals surface area contributed by atoms with Gasteiger partial charge in [0.1, 0.15) is 6.10 Å². The first kappa shape index (κ1) is 15.2. The molecule has 0 spiro atoms. The molecule has 0 aliphatic heterocycles. The summed E-state index contributed by atoms with van der Waals surface area (Å²) in [4.78, 5) is 0. The molecule has 1 aromatic carbocycles. The van der Waals surface area contributed by atoms with Crippen LogP contribution in [-0.4, -0.2) is 30.5 Å². The van der Waals surface area contributed by atoms with Crippen LogP contribution in [0, 0.1) is 0 Å². The van der Waals surface area contributed by atoms with E-state index in [-0.39, 0.29) is 12.2 Å². The van der Waals surface area contributed by atoms with Crippen LogP contribution >= 0.6 is 0 Å². The Balaban J connectivity index is 2.41. The molecule has 0 saturated heterocycles. The fourth-order valence-electron chi connectivity index (χ4n) is 1.78. The Bertz CT molecular complexity index is 311. The fraction of sp³-hybridized carbons (Fsp3) is 0.600. The van der Waals surface area contributed by atoms with Crippen molar-refractivity contribution in [3.63, 3.8) is 0 Å². The van der Waals surface area contributed by atoms with Gasteiger partial charge in [-0.2, -0.15) is 0 Å². The van der Waals surface area contributed by atoms with Crippen molar-refractivity contribution in [2.75, 3.05) is 13.2 Å². The quantitative estimate of drug-likeness (QED) is 0.723. The topological polar surface area (TPSA) is 38.7 Å². The van der Waals surface area contributed by atoms with Crippen molar-refractivity contribution in [1.82, 2.24) is 0 Å². The average molecular weight is 252 g/mol. The van der Waals surface area contributed by atoms with Crippen molar-refractivity contribution in [3.8, 4) is 0 Å². The third kappa shape index (κ3) is 5.17. The number of aliphatic hydroxyl groups excluding tert-OH is 1. The predicted molar refractivity (Wildman–Crippen MR) is 72.5 cm³/mol. The summed E-state index contributed by atoms with van der Waals surface area (Å²) >= 11 is 0. The van der Waals surface area contributed by atoms with Gasteiger partial charge in [-0.3, -0.25) is 0 Å². The molecule has 0 aliphatic carbocycles. The van der Waals surface area contributed by atoms with Gasteiger partial charge in [0.05, 0.1) is 25.4 Å². The van der Waals surface area contributed by atoms with E-state index in [0.717, 1.165) is 12.0 Å². The molecule has 18 heavy (non-hydrogen) atoms. The molecule has 0 amide bonds. The van der Waals surface area contributed by atoms with Crippen molar-refractivity contribution in [3.05, 3.63) is 35.9 Å². The molecule has 0 aromatic heterocycles. The van der Waals surface area contributed by atoms with Crippen LogP contribution in [0.1, 0.15) is 38.9 Å². The molecule has 0 aliphatic rings. The van der Waals surface area contributed by atoms with Gasteiger partial charge in [-0.1, -0.05) is 37.3 Å². The molecule has 0 saturated carbocycles. The van der Waals surface area contributed by atoms with Gasteiger partial charge in [0.2, 0.25) is 0 Å². The van der Waals surface area contributed by atoms with E-state index in [9.17, 15) is 5.11 Å². The second kappa shape index (κ2) is 8.25. The highest BCUT2D eigenvalue weighted by Gasteiger charge is 2.19. The maximum absolute atomic E-state index is 10.2. The van der Waals surface area contributed by atoms with Gasteiger partial charge in [-0.05, 0) is 25.8 Å². The highest BCUT2D eigenvalue weighted by molar-refractivity contribution is 5.18. The predicted octanol–water partition coefficient (Wildman–Crippen LogP) is 2.94. The van der Waals surface area contributed by atoms with E-state index in [1.165, 1.54) is 0 Å². The number of aliphatic hydroxyl groups is 1. The molecule has 3 nitrogen and oxygen atoms in total. The smallest absolute Gasteiger partial charge is 0.105 e. The first-order chi connectivity index (χ1) is 8.65. The third-order valence-electron chi connectivity index (χ3n) is 2.76. The number of ether oxygens (including phenoxy) is 2. The Hall–Kier alpha value is -0.900. The second-order valence-corrected chi connectivity index (χ2v) is 4.59. The Morgan fingerprint density at radius 1 is 1.06 bits per heavy atom. The molecule has 1 N–H and O–H groups in total. The zero-order chi connectivity index (χ0) is 13.4. The van der Waals surface area contributed by atoms with E-state index >= 15 is 0 Å². The van der Waals surface area contributed by atoms with Gasteiger partial charge >= 0.3 is 0 Å². The summed E-state index contributed by atoms with van der Waals surface area (Å²) in [5.41, 5.74) is 0.897. The van der Waals surface area contributed by atoms with Crippen LogP contribution in [0.25, 0.3) is 0 Å². The molecule has 3 heteroatoms. The molecule has 0 bridgehead atoms. The molecule has 0 heterocycles. The molecule has 0 fully saturated rings. The molecular weight excluding hydrogens is 228 g/mol. The minimum absolute atomic E-state index is 0.178. The largest absolute Gasteiger partial charge is 0.386 e.